The van der Waals surface area contributed by atoms with E-state index < -0.39 is 6.04 Å². The molecule has 1 N–H and O–H groups in total. The lowest BCUT2D eigenvalue weighted by Gasteiger charge is -2.13. The van der Waals surface area contributed by atoms with Crippen molar-refractivity contribution in [1.82, 2.24) is 4.98 Å². The minimum Gasteiger partial charge on any atom is -0.467 e. The normalized spacial score (nSPS) is 11.9. The second-order valence-corrected chi connectivity index (χ2v) is 3.84. The van der Waals surface area contributed by atoms with E-state index in [1.165, 1.54) is 13.5 Å². The van der Waals surface area contributed by atoms with Gasteiger partial charge in [-0.15, -0.1) is 0 Å². The summed E-state index contributed by atoms with van der Waals surface area (Å²) in [5.41, 5.74) is 1.72. The van der Waals surface area contributed by atoms with Gasteiger partial charge in [-0.2, -0.15) is 0 Å². The van der Waals surface area contributed by atoms with E-state index in [0.29, 0.717) is 5.76 Å². The maximum atomic E-state index is 11.3. The Bertz CT molecular complexity index is 523. The van der Waals surface area contributed by atoms with E-state index in [1.54, 1.807) is 13.1 Å². The summed E-state index contributed by atoms with van der Waals surface area (Å²) >= 11 is 0. The third-order valence-corrected chi connectivity index (χ3v) is 2.52. The van der Waals surface area contributed by atoms with Crippen molar-refractivity contribution in [3.05, 3.63) is 36.9 Å². The van der Waals surface area contributed by atoms with Gasteiger partial charge in [0.25, 0.3) is 0 Å². The minimum atomic E-state index is -0.403. The van der Waals surface area contributed by atoms with Gasteiger partial charge < -0.3 is 14.5 Å². The monoisotopic (exact) mass is 246 g/mol. The number of oxazole rings is 1. The number of hydrogen-bond acceptors (Lipinski definition) is 5. The van der Waals surface area contributed by atoms with Gasteiger partial charge in [-0.25, -0.2) is 9.78 Å². The minimum absolute atomic E-state index is 0.305. The number of hydrogen-bond donors (Lipinski definition) is 1. The number of aromatic nitrogens is 1. The quantitative estimate of drug-likeness (QED) is 0.839. The summed E-state index contributed by atoms with van der Waals surface area (Å²) in [7, 11) is 1.37. The predicted molar refractivity (Wildman–Crippen MR) is 67.0 cm³/mol. The van der Waals surface area contributed by atoms with Crippen LogP contribution in [0.2, 0.25) is 0 Å². The molecule has 0 saturated carbocycles. The van der Waals surface area contributed by atoms with Gasteiger partial charge in [0, 0.05) is 11.3 Å². The Balaban J connectivity index is 2.15. The molecule has 5 heteroatoms. The summed E-state index contributed by atoms with van der Waals surface area (Å²) in [6.07, 6.45) is 3.02. The molecule has 2 rings (SSSR count). The predicted octanol–water partition coefficient (Wildman–Crippen LogP) is 2.32. The number of ether oxygens (including phenoxy) is 1. The number of esters is 1. The molecular formula is C13H14N2O3. The number of rotatable bonds is 4. The van der Waals surface area contributed by atoms with Crippen LogP contribution in [0, 0.1) is 0 Å². The van der Waals surface area contributed by atoms with E-state index in [4.69, 9.17) is 4.42 Å². The first-order chi connectivity index (χ1) is 8.70. The van der Waals surface area contributed by atoms with Crippen LogP contribution in [0.25, 0.3) is 11.3 Å². The van der Waals surface area contributed by atoms with Gasteiger partial charge >= 0.3 is 5.97 Å². The molecule has 1 atom stereocenters. The lowest BCUT2D eigenvalue weighted by Crippen LogP contribution is -2.27. The summed E-state index contributed by atoms with van der Waals surface area (Å²) in [4.78, 5) is 15.2. The highest BCUT2D eigenvalue weighted by Crippen LogP contribution is 2.22. The van der Waals surface area contributed by atoms with Crippen molar-refractivity contribution in [2.75, 3.05) is 12.4 Å². The highest BCUT2D eigenvalue weighted by atomic mass is 16.5. The molecule has 0 spiro atoms. The molecule has 0 aliphatic carbocycles. The van der Waals surface area contributed by atoms with Crippen LogP contribution < -0.4 is 5.32 Å². The van der Waals surface area contributed by atoms with Gasteiger partial charge in [-0.3, -0.25) is 0 Å². The average Bonchev–Trinajstić information content (AvgIpc) is 2.92. The fourth-order valence-electron chi connectivity index (χ4n) is 1.61. The second-order valence-electron chi connectivity index (χ2n) is 3.84. The van der Waals surface area contributed by atoms with Crippen molar-refractivity contribution in [3.8, 4) is 11.3 Å². The van der Waals surface area contributed by atoms with Crippen molar-refractivity contribution < 1.29 is 13.9 Å². The Hall–Kier alpha value is -2.30. The fraction of sp³-hybridized carbons (Fsp3) is 0.231. The van der Waals surface area contributed by atoms with Crippen LogP contribution in [0.4, 0.5) is 5.69 Å². The van der Waals surface area contributed by atoms with Gasteiger partial charge in [0.15, 0.2) is 12.2 Å². The van der Waals surface area contributed by atoms with E-state index in [-0.39, 0.29) is 5.97 Å². The number of anilines is 1. The van der Waals surface area contributed by atoms with Crippen molar-refractivity contribution in [1.29, 1.82) is 0 Å². The molecule has 0 radical (unpaired) electrons. The fourth-order valence-corrected chi connectivity index (χ4v) is 1.61. The van der Waals surface area contributed by atoms with E-state index in [1.807, 2.05) is 24.3 Å². The standard InChI is InChI=1S/C13H14N2O3/c1-9(13(16)17-2)15-11-5-3-4-10(6-11)12-7-14-8-18-12/h3-9,15H,1-2H3. The van der Waals surface area contributed by atoms with E-state index in [2.05, 4.69) is 15.0 Å². The number of methoxy groups -OCH3 is 1. The number of carbonyl (C=O) groups is 1. The molecule has 18 heavy (non-hydrogen) atoms. The van der Waals surface area contributed by atoms with E-state index >= 15 is 0 Å². The van der Waals surface area contributed by atoms with Gasteiger partial charge in [0.1, 0.15) is 6.04 Å². The molecule has 0 saturated heterocycles. The molecule has 0 aliphatic rings. The molecule has 1 heterocycles. The summed E-state index contributed by atoms with van der Waals surface area (Å²) in [5, 5.41) is 3.06. The zero-order valence-corrected chi connectivity index (χ0v) is 10.2. The zero-order chi connectivity index (χ0) is 13.0. The molecule has 0 amide bonds. The van der Waals surface area contributed by atoms with Gasteiger partial charge in [0.2, 0.25) is 0 Å². The Kier molecular flexibility index (Phi) is 3.62. The molecule has 0 aliphatic heterocycles. The third-order valence-electron chi connectivity index (χ3n) is 2.52. The number of carbonyl (C=O) groups excluding carboxylic acids is 1. The van der Waals surface area contributed by atoms with Crippen molar-refractivity contribution in [3.63, 3.8) is 0 Å². The maximum Gasteiger partial charge on any atom is 0.327 e. The number of benzene rings is 1. The molecule has 1 unspecified atom stereocenters. The molecule has 2 aromatic rings. The van der Waals surface area contributed by atoms with E-state index in [9.17, 15) is 4.79 Å². The first-order valence-electron chi connectivity index (χ1n) is 5.54. The van der Waals surface area contributed by atoms with Crippen LogP contribution in [0.3, 0.4) is 0 Å². The van der Waals surface area contributed by atoms with E-state index in [0.717, 1.165) is 11.3 Å². The Morgan fingerprint density at radius 2 is 2.33 bits per heavy atom. The molecule has 0 bridgehead atoms. The first-order valence-corrected chi connectivity index (χ1v) is 5.54. The molecule has 0 fully saturated rings. The molecule has 1 aromatic carbocycles. The van der Waals surface area contributed by atoms with Crippen molar-refractivity contribution in [2.24, 2.45) is 0 Å². The van der Waals surface area contributed by atoms with Crippen LogP contribution in [0.1, 0.15) is 6.92 Å². The van der Waals surface area contributed by atoms with Gasteiger partial charge in [-0.1, -0.05) is 12.1 Å². The lowest BCUT2D eigenvalue weighted by atomic mass is 10.1. The summed E-state index contributed by atoms with van der Waals surface area (Å²) in [6, 6.07) is 7.15. The summed E-state index contributed by atoms with van der Waals surface area (Å²) < 4.78 is 9.87. The van der Waals surface area contributed by atoms with Crippen LogP contribution in [-0.4, -0.2) is 24.1 Å². The van der Waals surface area contributed by atoms with Gasteiger partial charge in [-0.05, 0) is 19.1 Å². The van der Waals surface area contributed by atoms with Crippen molar-refractivity contribution >= 4 is 11.7 Å². The van der Waals surface area contributed by atoms with Crippen LogP contribution in [0.5, 0.6) is 0 Å². The SMILES string of the molecule is COC(=O)C(C)Nc1cccc(-c2cnco2)c1. The number of nitrogens with one attached hydrogen (secondary N) is 1. The molecule has 5 nitrogen and oxygen atoms in total. The molecule has 94 valence electrons. The molecular weight excluding hydrogens is 232 g/mol. The van der Waals surface area contributed by atoms with Gasteiger partial charge in [0.05, 0.1) is 13.3 Å². The molecule has 1 aromatic heterocycles. The number of nitrogens with zero attached hydrogens (tertiary/aromatic N) is 1. The Morgan fingerprint density at radius 3 is 3.00 bits per heavy atom. The summed E-state index contributed by atoms with van der Waals surface area (Å²) in [5.74, 6) is 0.379. The Morgan fingerprint density at radius 1 is 1.50 bits per heavy atom. The lowest BCUT2D eigenvalue weighted by molar-refractivity contribution is -0.141. The highest BCUT2D eigenvalue weighted by Gasteiger charge is 2.12. The largest absolute Gasteiger partial charge is 0.467 e. The maximum absolute atomic E-state index is 11.3. The van der Waals surface area contributed by atoms with Crippen LogP contribution >= 0.6 is 0 Å². The zero-order valence-electron chi connectivity index (χ0n) is 10.2. The first kappa shape index (κ1) is 12.2. The third kappa shape index (κ3) is 2.68. The van der Waals surface area contributed by atoms with Crippen molar-refractivity contribution in [2.45, 2.75) is 13.0 Å². The smallest absolute Gasteiger partial charge is 0.327 e. The van der Waals surface area contributed by atoms with Crippen LogP contribution in [-0.2, 0) is 9.53 Å². The Labute approximate surface area is 105 Å². The topological polar surface area (TPSA) is 64.4 Å². The van der Waals surface area contributed by atoms with Crippen LogP contribution in [0.15, 0.2) is 41.3 Å². The summed E-state index contributed by atoms with van der Waals surface area (Å²) in [6.45, 7) is 1.74. The highest BCUT2D eigenvalue weighted by molar-refractivity contribution is 5.79. The second kappa shape index (κ2) is 5.35. The average molecular weight is 246 g/mol.